The lowest BCUT2D eigenvalue weighted by atomic mass is 10.2. The molecule has 7 nitrogen and oxygen atoms in total. The van der Waals surface area contributed by atoms with Gasteiger partial charge < -0.3 is 0 Å². The number of benzene rings is 1. The van der Waals surface area contributed by atoms with E-state index in [0.717, 1.165) is 0 Å². The van der Waals surface area contributed by atoms with Gasteiger partial charge >= 0.3 is 0 Å². The first-order valence-electron chi connectivity index (χ1n) is 3.85. The van der Waals surface area contributed by atoms with E-state index in [-0.39, 0.29) is 5.69 Å². The van der Waals surface area contributed by atoms with Crippen LogP contribution in [-0.2, 0) is 0 Å². The van der Waals surface area contributed by atoms with Crippen LogP contribution in [0.15, 0.2) is 29.4 Å². The molecule has 14 heavy (non-hydrogen) atoms. The second kappa shape index (κ2) is 3.30. The van der Waals surface area contributed by atoms with E-state index in [0.29, 0.717) is 5.69 Å². The smallest absolute Gasteiger partial charge is 0.258 e. The highest BCUT2D eigenvalue weighted by Crippen LogP contribution is 2.25. The van der Waals surface area contributed by atoms with E-state index in [9.17, 15) is 10.1 Å². The van der Waals surface area contributed by atoms with E-state index in [1.165, 1.54) is 17.4 Å². The van der Waals surface area contributed by atoms with Gasteiger partial charge in [0.15, 0.2) is 0 Å². The van der Waals surface area contributed by atoms with Crippen molar-refractivity contribution in [2.45, 2.75) is 0 Å². The number of para-hydroxylation sites is 2. The van der Waals surface area contributed by atoms with Gasteiger partial charge in [-0.1, -0.05) is 12.1 Å². The van der Waals surface area contributed by atoms with E-state index in [1.807, 2.05) is 0 Å². The number of nitrogens with zero attached hydrogens (tertiary/aromatic N) is 3. The molecule has 1 aromatic rings. The third-order valence-corrected chi connectivity index (χ3v) is 1.75. The summed E-state index contributed by atoms with van der Waals surface area (Å²) in [6.07, 6.45) is 1.42. The molecule has 0 aliphatic carbocycles. The first-order chi connectivity index (χ1) is 6.79. The summed E-state index contributed by atoms with van der Waals surface area (Å²) in [4.78, 5) is 10.2. The first kappa shape index (κ1) is 8.45. The van der Waals surface area contributed by atoms with Crippen molar-refractivity contribution in [3.8, 4) is 0 Å². The fourth-order valence-electron chi connectivity index (χ4n) is 1.14. The Morgan fingerprint density at radius 1 is 1.43 bits per heavy atom. The summed E-state index contributed by atoms with van der Waals surface area (Å²) >= 11 is 0. The van der Waals surface area contributed by atoms with Crippen LogP contribution in [-0.4, -0.2) is 11.3 Å². The largest absolute Gasteiger partial charge is 0.294 e. The van der Waals surface area contributed by atoms with Crippen molar-refractivity contribution in [2.24, 2.45) is 5.10 Å². The number of hydrogen-bond acceptors (Lipinski definition) is 6. The summed E-state index contributed by atoms with van der Waals surface area (Å²) < 4.78 is 0. The fraction of sp³-hybridized carbons (Fsp3) is 0. The Hall–Kier alpha value is -2.15. The van der Waals surface area contributed by atoms with Crippen molar-refractivity contribution in [1.29, 1.82) is 0 Å². The Kier molecular flexibility index (Phi) is 1.99. The van der Waals surface area contributed by atoms with Gasteiger partial charge in [-0.3, -0.25) is 10.1 Å². The molecule has 2 rings (SSSR count). The predicted octanol–water partition coefficient (Wildman–Crippen LogP) is 0.367. The van der Waals surface area contributed by atoms with E-state index in [1.54, 1.807) is 18.2 Å². The first-order valence-corrected chi connectivity index (χ1v) is 3.85. The number of hydrazone groups is 1. The molecule has 0 amide bonds. The molecule has 0 saturated heterocycles. The maximum absolute atomic E-state index is 10.7. The zero-order chi connectivity index (χ0) is 9.97. The highest BCUT2D eigenvalue weighted by molar-refractivity contribution is 5.83. The zero-order valence-electron chi connectivity index (χ0n) is 7.04. The lowest BCUT2D eigenvalue weighted by Crippen LogP contribution is -2.37. The van der Waals surface area contributed by atoms with E-state index < -0.39 is 4.92 Å². The Bertz CT molecular complexity index is 391. The Labute approximate surface area is 79.1 Å². The molecule has 0 unspecified atom stereocenters. The van der Waals surface area contributed by atoms with Crippen LogP contribution in [0.5, 0.6) is 0 Å². The van der Waals surface area contributed by atoms with Gasteiger partial charge in [0.2, 0.25) is 0 Å². The Morgan fingerprint density at radius 3 is 2.86 bits per heavy atom. The van der Waals surface area contributed by atoms with Crippen molar-refractivity contribution in [2.75, 3.05) is 5.01 Å². The Balaban J connectivity index is 2.40. The van der Waals surface area contributed by atoms with Gasteiger partial charge in [-0.25, -0.2) is 10.5 Å². The van der Waals surface area contributed by atoms with Gasteiger partial charge in [0.05, 0.1) is 4.92 Å². The highest BCUT2D eigenvalue weighted by Gasteiger charge is 2.18. The molecule has 0 radical (unpaired) electrons. The van der Waals surface area contributed by atoms with Crippen LogP contribution in [0.4, 0.5) is 11.4 Å². The Morgan fingerprint density at radius 2 is 2.21 bits per heavy atom. The zero-order valence-corrected chi connectivity index (χ0v) is 7.04. The minimum Gasteiger partial charge on any atom is -0.258 e. The lowest BCUT2D eigenvalue weighted by molar-refractivity contribution is -0.384. The average molecular weight is 193 g/mol. The number of nitro benzene ring substituents is 1. The monoisotopic (exact) mass is 193 g/mol. The van der Waals surface area contributed by atoms with E-state index in [2.05, 4.69) is 16.2 Å². The van der Waals surface area contributed by atoms with Crippen LogP contribution in [0.25, 0.3) is 0 Å². The van der Waals surface area contributed by atoms with Crippen LogP contribution in [0, 0.1) is 10.1 Å². The summed E-state index contributed by atoms with van der Waals surface area (Å²) in [5.41, 5.74) is 5.54. The third kappa shape index (κ3) is 1.36. The van der Waals surface area contributed by atoms with Crippen molar-refractivity contribution in [3.63, 3.8) is 0 Å². The molecule has 1 aliphatic heterocycles. The van der Waals surface area contributed by atoms with Gasteiger partial charge in [0.1, 0.15) is 12.0 Å². The normalized spacial score (nSPS) is 14.1. The molecule has 0 aromatic heterocycles. The molecule has 0 saturated carbocycles. The summed E-state index contributed by atoms with van der Waals surface area (Å²) in [7, 11) is 0. The maximum Gasteiger partial charge on any atom is 0.294 e. The quantitative estimate of drug-likeness (QED) is 0.523. The molecule has 0 bridgehead atoms. The van der Waals surface area contributed by atoms with E-state index in [4.69, 9.17) is 0 Å². The fourth-order valence-corrected chi connectivity index (χ4v) is 1.14. The van der Waals surface area contributed by atoms with Crippen LogP contribution >= 0.6 is 0 Å². The lowest BCUT2D eigenvalue weighted by Gasteiger charge is -2.12. The maximum atomic E-state index is 10.7. The van der Waals surface area contributed by atoms with Gasteiger partial charge in [0, 0.05) is 6.07 Å². The van der Waals surface area contributed by atoms with Crippen LogP contribution < -0.4 is 16.1 Å². The van der Waals surface area contributed by atoms with Gasteiger partial charge in [-0.05, 0) is 6.07 Å². The summed E-state index contributed by atoms with van der Waals surface area (Å²) in [5.74, 6) is 0. The number of anilines is 1. The standard InChI is InChI=1S/C7H7N5O2/c13-12(14)7-4-2-1-3-6(7)11-5-8-9-10-11/h1-5,9-10H. The van der Waals surface area contributed by atoms with Crippen LogP contribution in [0.1, 0.15) is 0 Å². The molecule has 7 heteroatoms. The van der Waals surface area contributed by atoms with Crippen molar-refractivity contribution < 1.29 is 4.92 Å². The van der Waals surface area contributed by atoms with Crippen molar-refractivity contribution >= 4 is 17.7 Å². The molecule has 1 aromatic carbocycles. The highest BCUT2D eigenvalue weighted by atomic mass is 16.6. The van der Waals surface area contributed by atoms with Gasteiger partial charge in [-0.2, -0.15) is 5.10 Å². The molecule has 1 heterocycles. The average Bonchev–Trinajstić information content (AvgIpc) is 2.70. The second-order valence-corrected chi connectivity index (χ2v) is 2.58. The minimum atomic E-state index is -0.441. The molecule has 72 valence electrons. The van der Waals surface area contributed by atoms with Crippen molar-refractivity contribution in [1.82, 2.24) is 11.1 Å². The topological polar surface area (TPSA) is 82.8 Å². The SMILES string of the molecule is O=[N+]([O-])c1ccccc1N1C=NNN1. The molecular weight excluding hydrogens is 186 g/mol. The van der Waals surface area contributed by atoms with Gasteiger partial charge in [-0.15, -0.1) is 5.53 Å². The summed E-state index contributed by atoms with van der Waals surface area (Å²) in [5, 5.41) is 15.8. The number of hydrogen-bond donors (Lipinski definition) is 2. The van der Waals surface area contributed by atoms with Gasteiger partial charge in [0.25, 0.3) is 5.69 Å². The molecule has 0 spiro atoms. The third-order valence-electron chi connectivity index (χ3n) is 1.75. The summed E-state index contributed by atoms with van der Waals surface area (Å²) in [6.45, 7) is 0. The molecule has 0 fully saturated rings. The molecule has 1 aliphatic rings. The molecular formula is C7H7N5O2. The number of hydrazine groups is 2. The van der Waals surface area contributed by atoms with Crippen LogP contribution in [0.2, 0.25) is 0 Å². The number of rotatable bonds is 2. The molecule has 0 atom stereocenters. The minimum absolute atomic E-state index is 0.0233. The van der Waals surface area contributed by atoms with Crippen molar-refractivity contribution in [3.05, 3.63) is 34.4 Å². The van der Waals surface area contributed by atoms with E-state index >= 15 is 0 Å². The summed E-state index contributed by atoms with van der Waals surface area (Å²) in [6, 6.07) is 6.39. The second-order valence-electron chi connectivity index (χ2n) is 2.58. The predicted molar refractivity (Wildman–Crippen MR) is 50.3 cm³/mol. The van der Waals surface area contributed by atoms with Crippen LogP contribution in [0.3, 0.4) is 0 Å². The number of nitrogens with one attached hydrogen (secondary N) is 2. The number of nitro groups is 1. The molecule has 2 N–H and O–H groups in total.